The Morgan fingerprint density at radius 2 is 2.03 bits per heavy atom. The van der Waals surface area contributed by atoms with Gasteiger partial charge in [0.1, 0.15) is 0 Å². The average Bonchev–Trinajstić information content (AvgIpc) is 3.33. The molecule has 0 unspecified atom stereocenters. The number of nitrogens with zero attached hydrogens (tertiary/aromatic N) is 6. The molecule has 0 bridgehead atoms. The van der Waals surface area contributed by atoms with Gasteiger partial charge < -0.3 is 15.5 Å². The lowest BCUT2D eigenvalue weighted by molar-refractivity contribution is -0.120. The molecule has 9 heteroatoms. The van der Waals surface area contributed by atoms with E-state index in [2.05, 4.69) is 43.3 Å². The van der Waals surface area contributed by atoms with E-state index < -0.39 is 0 Å². The maximum Gasteiger partial charge on any atom is 0.221 e. The second-order valence-corrected chi connectivity index (χ2v) is 8.96. The molecular weight excluding hydrogens is 416 g/mol. The van der Waals surface area contributed by atoms with E-state index in [0.29, 0.717) is 6.42 Å². The highest BCUT2D eigenvalue weighted by Crippen LogP contribution is 2.32. The van der Waals surface area contributed by atoms with Crippen LogP contribution in [-0.4, -0.2) is 57.1 Å². The molecule has 0 atom stereocenters. The van der Waals surface area contributed by atoms with Gasteiger partial charge in [0.2, 0.25) is 5.91 Å². The third-order valence-corrected chi connectivity index (χ3v) is 6.46. The summed E-state index contributed by atoms with van der Waals surface area (Å²) in [5.74, 6) is 0.124. The van der Waals surface area contributed by atoms with E-state index in [1.165, 1.54) is 16.9 Å². The van der Waals surface area contributed by atoms with Gasteiger partial charge in [0.05, 0.1) is 23.0 Å². The lowest BCUT2D eigenvalue weighted by Gasteiger charge is -2.30. The summed E-state index contributed by atoms with van der Waals surface area (Å²) >= 11 is 0. The van der Waals surface area contributed by atoms with Crippen molar-refractivity contribution in [3.63, 3.8) is 0 Å². The van der Waals surface area contributed by atoms with Crippen molar-refractivity contribution in [2.45, 2.75) is 59.0 Å². The van der Waals surface area contributed by atoms with Gasteiger partial charge in [0.15, 0.2) is 5.65 Å². The van der Waals surface area contributed by atoms with Crippen LogP contribution in [0.4, 0.5) is 5.69 Å². The third-order valence-electron chi connectivity index (χ3n) is 6.46. The smallest absolute Gasteiger partial charge is 0.221 e. The van der Waals surface area contributed by atoms with Crippen molar-refractivity contribution in [2.75, 3.05) is 31.6 Å². The van der Waals surface area contributed by atoms with E-state index in [0.717, 1.165) is 80.8 Å². The number of hydrogen-bond acceptors (Lipinski definition) is 6. The van der Waals surface area contributed by atoms with Gasteiger partial charge in [-0.2, -0.15) is 10.2 Å². The number of rotatable bonds is 10. The van der Waals surface area contributed by atoms with Crippen LogP contribution in [0.1, 0.15) is 48.3 Å². The molecule has 0 fully saturated rings. The molecule has 0 radical (unpaired) electrons. The van der Waals surface area contributed by atoms with Crippen LogP contribution in [-0.2, 0) is 31.4 Å². The first kappa shape index (κ1) is 23.2. The van der Waals surface area contributed by atoms with Crippen molar-refractivity contribution in [2.24, 2.45) is 7.05 Å². The van der Waals surface area contributed by atoms with Gasteiger partial charge in [-0.3, -0.25) is 14.2 Å². The molecule has 0 aromatic carbocycles. The summed E-state index contributed by atoms with van der Waals surface area (Å²) in [4.78, 5) is 18.8. The minimum atomic E-state index is 0.124. The molecule has 1 amide bonds. The van der Waals surface area contributed by atoms with Crippen LogP contribution < -0.4 is 15.5 Å². The standard InChI is InChI=1S/C24H36N8O/c1-17-14-22(19-15-27-30(4)24(19)28-17)31-13-9-21-20(16-31)18(2)29-32(21)12-7-5-6-10-26-23(33)8-11-25-3/h14-15,25H,5-13,16H2,1-4H3,(H,26,33). The zero-order valence-electron chi connectivity index (χ0n) is 20.3. The number of anilines is 1. The number of carbonyl (C=O) groups is 1. The van der Waals surface area contributed by atoms with E-state index in [4.69, 9.17) is 5.10 Å². The van der Waals surface area contributed by atoms with Gasteiger partial charge in [0, 0.05) is 69.6 Å². The second kappa shape index (κ2) is 10.3. The molecule has 3 aromatic heterocycles. The number of aryl methyl sites for hydroxylation is 4. The van der Waals surface area contributed by atoms with E-state index in [1.807, 2.05) is 31.9 Å². The number of pyridine rings is 1. The number of fused-ring (bicyclic) bond motifs is 2. The Morgan fingerprint density at radius 1 is 1.18 bits per heavy atom. The molecule has 9 nitrogen and oxygen atoms in total. The predicted molar refractivity (Wildman–Crippen MR) is 130 cm³/mol. The minimum absolute atomic E-state index is 0.124. The molecule has 3 aromatic rings. The molecule has 1 aliphatic heterocycles. The Labute approximate surface area is 195 Å². The first-order valence-electron chi connectivity index (χ1n) is 12.0. The highest BCUT2D eigenvalue weighted by molar-refractivity contribution is 5.89. The van der Waals surface area contributed by atoms with Gasteiger partial charge in [0.25, 0.3) is 0 Å². The van der Waals surface area contributed by atoms with E-state index in [9.17, 15) is 4.79 Å². The molecule has 4 rings (SSSR count). The molecular formula is C24H36N8O. The van der Waals surface area contributed by atoms with Gasteiger partial charge in [-0.1, -0.05) is 0 Å². The predicted octanol–water partition coefficient (Wildman–Crippen LogP) is 2.24. The van der Waals surface area contributed by atoms with Crippen molar-refractivity contribution in [3.8, 4) is 0 Å². The van der Waals surface area contributed by atoms with Gasteiger partial charge in [-0.05, 0) is 46.2 Å². The van der Waals surface area contributed by atoms with Gasteiger partial charge in [-0.25, -0.2) is 4.98 Å². The van der Waals surface area contributed by atoms with Crippen LogP contribution in [0.25, 0.3) is 11.0 Å². The summed E-state index contributed by atoms with van der Waals surface area (Å²) in [6.07, 6.45) is 6.61. The van der Waals surface area contributed by atoms with E-state index in [1.54, 1.807) is 0 Å². The maximum atomic E-state index is 11.7. The summed E-state index contributed by atoms with van der Waals surface area (Å²) in [5.41, 5.74) is 7.00. The van der Waals surface area contributed by atoms with Crippen molar-refractivity contribution in [3.05, 3.63) is 34.9 Å². The normalized spacial score (nSPS) is 13.5. The molecule has 178 valence electrons. The summed E-state index contributed by atoms with van der Waals surface area (Å²) in [7, 11) is 3.80. The molecule has 0 saturated carbocycles. The molecule has 33 heavy (non-hydrogen) atoms. The fourth-order valence-electron chi connectivity index (χ4n) is 4.65. The van der Waals surface area contributed by atoms with E-state index in [-0.39, 0.29) is 5.91 Å². The molecule has 0 aliphatic carbocycles. The zero-order chi connectivity index (χ0) is 23.4. The van der Waals surface area contributed by atoms with Crippen LogP contribution in [0.3, 0.4) is 0 Å². The summed E-state index contributed by atoms with van der Waals surface area (Å²) in [6.45, 7) is 8.41. The quantitative estimate of drug-likeness (QED) is 0.459. The highest BCUT2D eigenvalue weighted by Gasteiger charge is 2.25. The fourth-order valence-corrected chi connectivity index (χ4v) is 4.65. The maximum absolute atomic E-state index is 11.7. The molecule has 2 N–H and O–H groups in total. The Kier molecular flexibility index (Phi) is 7.27. The summed E-state index contributed by atoms with van der Waals surface area (Å²) in [5, 5.41) is 16.4. The lowest BCUT2D eigenvalue weighted by Crippen LogP contribution is -2.31. The largest absolute Gasteiger partial charge is 0.366 e. The third kappa shape index (κ3) is 5.19. The molecule has 0 spiro atoms. The Bertz CT molecular complexity index is 1120. The minimum Gasteiger partial charge on any atom is -0.366 e. The van der Waals surface area contributed by atoms with Crippen LogP contribution in [0.2, 0.25) is 0 Å². The topological polar surface area (TPSA) is 92.9 Å². The monoisotopic (exact) mass is 452 g/mol. The van der Waals surface area contributed by atoms with Crippen molar-refractivity contribution in [1.82, 2.24) is 35.2 Å². The van der Waals surface area contributed by atoms with Crippen LogP contribution in [0.5, 0.6) is 0 Å². The summed E-state index contributed by atoms with van der Waals surface area (Å²) in [6, 6.07) is 2.17. The van der Waals surface area contributed by atoms with Crippen molar-refractivity contribution in [1.29, 1.82) is 0 Å². The average molecular weight is 453 g/mol. The van der Waals surface area contributed by atoms with Crippen molar-refractivity contribution >= 4 is 22.6 Å². The van der Waals surface area contributed by atoms with Crippen LogP contribution >= 0.6 is 0 Å². The number of unbranched alkanes of at least 4 members (excludes halogenated alkanes) is 2. The van der Waals surface area contributed by atoms with Gasteiger partial charge >= 0.3 is 0 Å². The van der Waals surface area contributed by atoms with Crippen LogP contribution in [0.15, 0.2) is 12.3 Å². The second-order valence-electron chi connectivity index (χ2n) is 8.96. The van der Waals surface area contributed by atoms with Crippen LogP contribution in [0, 0.1) is 13.8 Å². The Hall–Kier alpha value is -2.94. The first-order valence-corrected chi connectivity index (χ1v) is 12.0. The van der Waals surface area contributed by atoms with Crippen molar-refractivity contribution < 1.29 is 4.79 Å². The Morgan fingerprint density at radius 3 is 2.85 bits per heavy atom. The molecule has 4 heterocycles. The number of amides is 1. The SMILES string of the molecule is CNCCC(=O)NCCCCCn1nc(C)c2c1CCN(c1cc(C)nc3c1cnn3C)C2. The number of aromatic nitrogens is 5. The Balaban J connectivity index is 1.34. The summed E-state index contributed by atoms with van der Waals surface area (Å²) < 4.78 is 4.06. The highest BCUT2D eigenvalue weighted by atomic mass is 16.1. The van der Waals surface area contributed by atoms with E-state index >= 15 is 0 Å². The number of hydrogen-bond donors (Lipinski definition) is 2. The molecule has 1 aliphatic rings. The lowest BCUT2D eigenvalue weighted by atomic mass is 10.0. The number of nitrogens with one attached hydrogen (secondary N) is 2. The fraction of sp³-hybridized carbons (Fsp3) is 0.583. The zero-order valence-corrected chi connectivity index (χ0v) is 20.3. The van der Waals surface area contributed by atoms with Gasteiger partial charge in [-0.15, -0.1) is 0 Å². The number of carbonyl (C=O) groups excluding carboxylic acids is 1. The molecule has 0 saturated heterocycles. The first-order chi connectivity index (χ1) is 16.0.